The van der Waals surface area contributed by atoms with Gasteiger partial charge in [-0.1, -0.05) is 5.11 Å². The molecule has 0 saturated carbocycles. The Morgan fingerprint density at radius 1 is 1.53 bits per heavy atom. The van der Waals surface area contributed by atoms with Crippen molar-refractivity contribution >= 4 is 7.60 Å². The first kappa shape index (κ1) is 14.1. The van der Waals surface area contributed by atoms with Crippen LogP contribution in [-0.4, -0.2) is 28.5 Å². The Morgan fingerprint density at radius 3 is 2.53 bits per heavy atom. The number of hydrogen-bond acceptors (Lipinski definition) is 6. The van der Waals surface area contributed by atoms with E-state index in [1.807, 2.05) is 0 Å². The molecule has 0 spiro atoms. The fourth-order valence-electron chi connectivity index (χ4n) is 1.54. The molecule has 3 atom stereocenters. The minimum absolute atomic E-state index is 0.0480. The molecule has 1 rings (SSSR count). The van der Waals surface area contributed by atoms with Crippen molar-refractivity contribution in [2.45, 2.75) is 24.7 Å². The maximum Gasteiger partial charge on any atom is 0.453 e. The van der Waals surface area contributed by atoms with Crippen molar-refractivity contribution < 1.29 is 35.8 Å². The summed E-state index contributed by atoms with van der Waals surface area (Å²) in [7, 11) is -3.69. The zero-order valence-electron chi connectivity index (χ0n) is 8.84. The Balaban J connectivity index is 3.04. The van der Waals surface area contributed by atoms with Crippen LogP contribution in [0.4, 0.5) is 0 Å². The van der Waals surface area contributed by atoms with Gasteiger partial charge in [0.15, 0.2) is 0 Å². The highest BCUT2D eigenvalue weighted by Gasteiger charge is 2.41. The number of nitrogens with zero attached hydrogens (tertiary/aromatic N) is 3. The van der Waals surface area contributed by atoms with Crippen LogP contribution in [0.1, 0.15) is 6.42 Å². The molecular weight excluding hydrogens is 253 g/mol. The smallest absolute Gasteiger partial charge is 0.392 e. The van der Waals surface area contributed by atoms with Gasteiger partial charge < -0.3 is 10.2 Å². The average Bonchev–Trinajstić information content (AvgIpc) is 2.32. The number of aliphatic hydroxyl groups excluding tert-OH is 2. The van der Waals surface area contributed by atoms with Crippen LogP contribution in [0.25, 0.3) is 10.4 Å². The highest BCUT2D eigenvalue weighted by molar-refractivity contribution is 7.58. The first-order chi connectivity index (χ1) is 7.98. The second-order valence-electron chi connectivity index (χ2n) is 3.37. The molecule has 0 unspecified atom stereocenters. The van der Waals surface area contributed by atoms with Gasteiger partial charge in [0.2, 0.25) is 0 Å². The molecule has 1 aliphatic carbocycles. The number of aliphatic hydroxyl groups is 2. The first-order valence-corrected chi connectivity index (χ1v) is 6.12. The Hall–Kier alpha value is -0.960. The second-order valence-corrected chi connectivity index (χ2v) is 5.46. The van der Waals surface area contributed by atoms with E-state index in [4.69, 9.17) is 5.53 Å². The van der Waals surface area contributed by atoms with E-state index < -0.39 is 25.8 Å². The lowest BCUT2D eigenvalue weighted by molar-refractivity contribution is -0.677. The highest BCUT2D eigenvalue weighted by atomic mass is 31.2. The molecule has 0 aliphatic heterocycles. The second kappa shape index (κ2) is 5.58. The SMILES string of the molecule is [N-]=[N+]=N[C@H]1[C@H](O)C=C(P(=O)(O[NH3+])O[NH3+])C[C@@H]1O. The lowest BCUT2D eigenvalue weighted by Crippen LogP contribution is -2.54. The quantitative estimate of drug-likeness (QED) is 0.154. The molecule has 0 radical (unpaired) electrons. The molecule has 0 bridgehead atoms. The molecule has 96 valence electrons. The molecule has 17 heavy (non-hydrogen) atoms. The summed E-state index contributed by atoms with van der Waals surface area (Å²) in [6.07, 6.45) is -1.42. The van der Waals surface area contributed by atoms with Gasteiger partial charge in [-0.2, -0.15) is 0 Å². The minimum Gasteiger partial charge on any atom is -0.392 e. The van der Waals surface area contributed by atoms with E-state index in [-0.39, 0.29) is 11.7 Å². The Labute approximate surface area is 95.9 Å². The molecule has 0 amide bonds. The molecule has 8 N–H and O–H groups in total. The van der Waals surface area contributed by atoms with E-state index in [0.29, 0.717) is 0 Å². The fourth-order valence-corrected chi connectivity index (χ4v) is 2.69. The Morgan fingerprint density at radius 2 is 2.12 bits per heavy atom. The third kappa shape index (κ3) is 2.83. The summed E-state index contributed by atoms with van der Waals surface area (Å²) in [6, 6.07) is -1.04. The third-order valence-electron chi connectivity index (χ3n) is 2.40. The molecule has 0 aromatic rings. The third-order valence-corrected chi connectivity index (χ3v) is 4.12. The van der Waals surface area contributed by atoms with Crippen molar-refractivity contribution in [2.24, 2.45) is 5.11 Å². The predicted molar refractivity (Wildman–Crippen MR) is 53.2 cm³/mol. The predicted octanol–water partition coefficient (Wildman–Crippen LogP) is -1.79. The standard InChI is InChI=1S/C6H14N5O5P/c7-11-10-6-4(12)1-3(2-5(6)13)17(14,15-8)16-9/h1,4-6,12-13H,2H2,8-9H3/q+2/t4-,5+,6+/m1/s1. The largest absolute Gasteiger partial charge is 0.453 e. The van der Waals surface area contributed by atoms with Gasteiger partial charge in [0, 0.05) is 11.3 Å². The van der Waals surface area contributed by atoms with E-state index in [1.165, 1.54) is 0 Å². The molecule has 1 aliphatic rings. The van der Waals surface area contributed by atoms with Gasteiger partial charge in [-0.15, -0.1) is 9.25 Å². The van der Waals surface area contributed by atoms with Crippen molar-refractivity contribution in [2.75, 3.05) is 0 Å². The van der Waals surface area contributed by atoms with Crippen LogP contribution in [0.2, 0.25) is 0 Å². The van der Waals surface area contributed by atoms with Crippen LogP contribution >= 0.6 is 7.60 Å². The monoisotopic (exact) mass is 267 g/mol. The number of rotatable bonds is 4. The van der Waals surface area contributed by atoms with Crippen LogP contribution in [0.3, 0.4) is 0 Å². The molecule has 10 nitrogen and oxygen atoms in total. The van der Waals surface area contributed by atoms with Gasteiger partial charge in [-0.25, -0.2) is 16.4 Å². The van der Waals surface area contributed by atoms with Crippen molar-refractivity contribution in [3.8, 4) is 0 Å². The van der Waals surface area contributed by atoms with Crippen molar-refractivity contribution in [1.82, 2.24) is 0 Å². The normalized spacial score (nSPS) is 29.4. The van der Waals surface area contributed by atoms with Gasteiger partial charge >= 0.3 is 7.60 Å². The number of hydrogen-bond donors (Lipinski definition) is 4. The summed E-state index contributed by atoms with van der Waals surface area (Å²) in [5, 5.41) is 22.6. The summed E-state index contributed by atoms with van der Waals surface area (Å²) in [5.41, 5.74) is 8.26. The van der Waals surface area contributed by atoms with E-state index in [9.17, 15) is 14.8 Å². The molecular formula is C6H14N5O5P+2. The highest BCUT2D eigenvalue weighted by Crippen LogP contribution is 2.55. The zero-order chi connectivity index (χ0) is 13.1. The van der Waals surface area contributed by atoms with E-state index >= 15 is 0 Å². The lowest BCUT2D eigenvalue weighted by atomic mass is 9.97. The first-order valence-electron chi connectivity index (χ1n) is 4.57. The van der Waals surface area contributed by atoms with Crippen LogP contribution < -0.4 is 11.8 Å². The van der Waals surface area contributed by atoms with Crippen LogP contribution in [0, 0.1) is 0 Å². The van der Waals surface area contributed by atoms with Gasteiger partial charge in [-0.3, -0.25) is 0 Å². The summed E-state index contributed by atoms with van der Waals surface area (Å²) < 4.78 is 20.8. The number of azide groups is 1. The van der Waals surface area contributed by atoms with Crippen LogP contribution in [0.5, 0.6) is 0 Å². The Kier molecular flexibility index (Phi) is 4.63. The maximum atomic E-state index is 11.9. The summed E-state index contributed by atoms with van der Waals surface area (Å²) in [6.45, 7) is 0. The van der Waals surface area contributed by atoms with Crippen molar-refractivity contribution in [3.63, 3.8) is 0 Å². The fraction of sp³-hybridized carbons (Fsp3) is 0.667. The van der Waals surface area contributed by atoms with Crippen molar-refractivity contribution in [1.29, 1.82) is 0 Å². The van der Waals surface area contributed by atoms with Gasteiger partial charge in [-0.05, 0) is 11.6 Å². The van der Waals surface area contributed by atoms with Gasteiger partial charge in [0.1, 0.15) is 0 Å². The molecule has 0 fully saturated rings. The minimum atomic E-state index is -3.69. The number of quaternary nitrogens is 2. The zero-order valence-corrected chi connectivity index (χ0v) is 9.73. The van der Waals surface area contributed by atoms with Crippen molar-refractivity contribution in [3.05, 3.63) is 21.8 Å². The summed E-state index contributed by atoms with van der Waals surface area (Å²) >= 11 is 0. The van der Waals surface area contributed by atoms with E-state index in [2.05, 4.69) is 31.1 Å². The molecule has 0 aromatic carbocycles. The molecule has 11 heteroatoms. The maximum absolute atomic E-state index is 11.9. The molecule has 0 aromatic heterocycles. The molecule has 0 heterocycles. The lowest BCUT2D eigenvalue weighted by Gasteiger charge is -2.28. The van der Waals surface area contributed by atoms with Gasteiger partial charge in [0.05, 0.1) is 23.6 Å². The van der Waals surface area contributed by atoms with E-state index in [0.717, 1.165) is 6.08 Å². The Bertz CT molecular complexity index is 400. The van der Waals surface area contributed by atoms with Crippen LogP contribution in [-0.2, 0) is 13.8 Å². The average molecular weight is 267 g/mol. The van der Waals surface area contributed by atoms with E-state index in [1.54, 1.807) is 0 Å². The molecule has 0 saturated heterocycles. The topological polar surface area (TPSA) is 180 Å². The summed E-state index contributed by atoms with van der Waals surface area (Å²) in [4.78, 5) is 2.51. The summed E-state index contributed by atoms with van der Waals surface area (Å²) in [5.74, 6) is 5.99. The van der Waals surface area contributed by atoms with Crippen LogP contribution in [0.15, 0.2) is 16.5 Å². The van der Waals surface area contributed by atoms with Gasteiger partial charge in [0.25, 0.3) is 0 Å².